The standard InChI is InChI=1S/C26H19NO3S/c27-18-24-25(30-22-14-8-3-9-15-22)16-23(29-21-12-6-2-7-13-21)17-26(24)31(28)19-20-10-4-1-5-11-20/h1-17H,19H2. The van der Waals surface area contributed by atoms with Crippen LogP contribution in [0.15, 0.2) is 108 Å². The molecule has 4 rings (SSSR count). The molecule has 0 N–H and O–H groups in total. The second kappa shape index (κ2) is 9.75. The molecule has 4 aromatic rings. The molecule has 152 valence electrons. The van der Waals surface area contributed by atoms with Gasteiger partial charge in [-0.05, 0) is 35.9 Å². The molecule has 4 nitrogen and oxygen atoms in total. The highest BCUT2D eigenvalue weighted by molar-refractivity contribution is 7.84. The fourth-order valence-electron chi connectivity index (χ4n) is 3.04. The smallest absolute Gasteiger partial charge is 0.150 e. The van der Waals surface area contributed by atoms with Gasteiger partial charge < -0.3 is 9.47 Å². The number of benzene rings is 4. The summed E-state index contributed by atoms with van der Waals surface area (Å²) in [4.78, 5) is 0.380. The second-order valence-electron chi connectivity index (χ2n) is 6.71. The highest BCUT2D eigenvalue weighted by Gasteiger charge is 2.19. The van der Waals surface area contributed by atoms with Crippen LogP contribution in [-0.2, 0) is 16.6 Å². The zero-order valence-corrected chi connectivity index (χ0v) is 17.4. The van der Waals surface area contributed by atoms with E-state index in [1.54, 1.807) is 24.3 Å². The summed E-state index contributed by atoms with van der Waals surface area (Å²) in [6.07, 6.45) is 0. The van der Waals surface area contributed by atoms with Gasteiger partial charge in [0.15, 0.2) is 0 Å². The van der Waals surface area contributed by atoms with Crippen molar-refractivity contribution in [3.8, 4) is 29.1 Å². The number of rotatable bonds is 7. The van der Waals surface area contributed by atoms with Crippen LogP contribution in [-0.4, -0.2) is 4.21 Å². The summed E-state index contributed by atoms with van der Waals surface area (Å²) in [7, 11) is -1.46. The molecule has 0 aliphatic heterocycles. The zero-order valence-electron chi connectivity index (χ0n) is 16.6. The highest BCUT2D eigenvalue weighted by atomic mass is 32.2. The van der Waals surface area contributed by atoms with Crippen molar-refractivity contribution in [3.05, 3.63) is 114 Å². The van der Waals surface area contributed by atoms with Gasteiger partial charge in [0.05, 0.1) is 21.4 Å². The Hall–Kier alpha value is -3.88. The van der Waals surface area contributed by atoms with E-state index in [1.807, 2.05) is 78.9 Å². The third-order valence-electron chi connectivity index (χ3n) is 4.49. The zero-order chi connectivity index (χ0) is 21.5. The summed E-state index contributed by atoms with van der Waals surface area (Å²) in [6, 6.07) is 33.5. The van der Waals surface area contributed by atoms with Crippen molar-refractivity contribution in [2.75, 3.05) is 0 Å². The van der Waals surface area contributed by atoms with E-state index in [0.717, 1.165) is 5.56 Å². The number of nitrogens with zero attached hydrogens (tertiary/aromatic N) is 1. The first-order valence-corrected chi connectivity index (χ1v) is 11.0. The van der Waals surface area contributed by atoms with Gasteiger partial charge in [-0.1, -0.05) is 66.7 Å². The van der Waals surface area contributed by atoms with Gasteiger partial charge in [0.2, 0.25) is 0 Å². The Morgan fingerprint density at radius 3 is 1.84 bits per heavy atom. The Morgan fingerprint density at radius 2 is 1.26 bits per heavy atom. The maximum Gasteiger partial charge on any atom is 0.150 e. The van der Waals surface area contributed by atoms with Crippen LogP contribution in [0.2, 0.25) is 0 Å². The van der Waals surface area contributed by atoms with Gasteiger partial charge in [-0.25, -0.2) is 0 Å². The maximum absolute atomic E-state index is 13.3. The van der Waals surface area contributed by atoms with E-state index in [4.69, 9.17) is 9.47 Å². The van der Waals surface area contributed by atoms with Crippen LogP contribution < -0.4 is 9.47 Å². The minimum atomic E-state index is -1.46. The summed E-state index contributed by atoms with van der Waals surface area (Å²) in [5.74, 6) is 2.26. The molecule has 31 heavy (non-hydrogen) atoms. The van der Waals surface area contributed by atoms with Crippen LogP contribution >= 0.6 is 0 Å². The van der Waals surface area contributed by atoms with Crippen LogP contribution in [0.3, 0.4) is 0 Å². The lowest BCUT2D eigenvalue weighted by Gasteiger charge is -2.14. The van der Waals surface area contributed by atoms with Crippen molar-refractivity contribution in [3.63, 3.8) is 0 Å². The van der Waals surface area contributed by atoms with Crippen molar-refractivity contribution < 1.29 is 13.7 Å². The Kier molecular flexibility index (Phi) is 6.41. The van der Waals surface area contributed by atoms with E-state index in [2.05, 4.69) is 6.07 Å². The van der Waals surface area contributed by atoms with Crippen LogP contribution in [0.5, 0.6) is 23.0 Å². The minimum absolute atomic E-state index is 0.235. The lowest BCUT2D eigenvalue weighted by Crippen LogP contribution is -2.02. The number of hydrogen-bond donors (Lipinski definition) is 0. The van der Waals surface area contributed by atoms with Gasteiger partial charge in [-0.2, -0.15) is 5.26 Å². The molecule has 0 aliphatic carbocycles. The average Bonchev–Trinajstić information content (AvgIpc) is 2.81. The first kappa shape index (κ1) is 20.4. The summed E-state index contributed by atoms with van der Waals surface area (Å²) < 4.78 is 25.2. The fraction of sp³-hybridized carbons (Fsp3) is 0.0385. The molecule has 0 amide bonds. The third-order valence-corrected chi connectivity index (χ3v) is 5.90. The highest BCUT2D eigenvalue weighted by Crippen LogP contribution is 2.36. The molecule has 0 bridgehead atoms. The second-order valence-corrected chi connectivity index (χ2v) is 8.13. The third kappa shape index (κ3) is 5.19. The quantitative estimate of drug-likeness (QED) is 0.341. The lowest BCUT2D eigenvalue weighted by molar-refractivity contribution is 0.456. The predicted molar refractivity (Wildman–Crippen MR) is 121 cm³/mol. The van der Waals surface area contributed by atoms with E-state index < -0.39 is 10.8 Å². The molecule has 4 aromatic carbocycles. The van der Waals surface area contributed by atoms with E-state index >= 15 is 0 Å². The van der Waals surface area contributed by atoms with Crippen molar-refractivity contribution >= 4 is 10.8 Å². The molecule has 0 aromatic heterocycles. The molecule has 0 heterocycles. The van der Waals surface area contributed by atoms with E-state index in [9.17, 15) is 9.47 Å². The van der Waals surface area contributed by atoms with Crippen molar-refractivity contribution in [2.45, 2.75) is 10.6 Å². The molecule has 0 radical (unpaired) electrons. The number of hydrogen-bond acceptors (Lipinski definition) is 4. The Labute approximate surface area is 183 Å². The fourth-order valence-corrected chi connectivity index (χ4v) is 4.31. The normalized spacial score (nSPS) is 11.3. The Bertz CT molecular complexity index is 1220. The minimum Gasteiger partial charge on any atom is -0.457 e. The predicted octanol–water partition coefficient (Wildman–Crippen LogP) is 6.45. The first-order valence-electron chi connectivity index (χ1n) is 9.69. The lowest BCUT2D eigenvalue weighted by atomic mass is 10.2. The van der Waals surface area contributed by atoms with Crippen molar-refractivity contribution in [1.29, 1.82) is 5.26 Å². The van der Waals surface area contributed by atoms with Gasteiger partial charge >= 0.3 is 0 Å². The SMILES string of the molecule is N#Cc1c(Oc2ccccc2)cc(Oc2ccccc2)cc1S(=O)Cc1ccccc1. The maximum atomic E-state index is 13.3. The topological polar surface area (TPSA) is 59.3 Å². The van der Waals surface area contributed by atoms with E-state index in [0.29, 0.717) is 27.9 Å². The molecular weight excluding hydrogens is 406 g/mol. The summed E-state index contributed by atoms with van der Waals surface area (Å²) in [5.41, 5.74) is 1.16. The Balaban J connectivity index is 1.75. The largest absolute Gasteiger partial charge is 0.457 e. The van der Waals surface area contributed by atoms with Crippen LogP contribution in [0.4, 0.5) is 0 Å². The molecule has 0 saturated heterocycles. The molecule has 1 atom stereocenters. The molecular formula is C26H19NO3S. The van der Waals surface area contributed by atoms with Gasteiger partial charge in [-0.3, -0.25) is 4.21 Å². The van der Waals surface area contributed by atoms with Crippen LogP contribution in [0.25, 0.3) is 0 Å². The molecule has 5 heteroatoms. The number of nitriles is 1. The molecule has 1 unspecified atom stereocenters. The van der Waals surface area contributed by atoms with E-state index in [1.165, 1.54) is 0 Å². The van der Waals surface area contributed by atoms with Crippen molar-refractivity contribution in [1.82, 2.24) is 0 Å². The summed E-state index contributed by atoms with van der Waals surface area (Å²) in [5, 5.41) is 9.87. The first-order chi connectivity index (χ1) is 15.2. The average molecular weight is 426 g/mol. The molecule has 0 fully saturated rings. The Morgan fingerprint density at radius 1 is 0.710 bits per heavy atom. The van der Waals surface area contributed by atoms with Gasteiger partial charge in [0.1, 0.15) is 34.6 Å². The summed E-state index contributed by atoms with van der Waals surface area (Å²) in [6.45, 7) is 0. The number of para-hydroxylation sites is 2. The van der Waals surface area contributed by atoms with Crippen molar-refractivity contribution in [2.24, 2.45) is 0 Å². The van der Waals surface area contributed by atoms with Gasteiger partial charge in [-0.15, -0.1) is 0 Å². The van der Waals surface area contributed by atoms with Crippen LogP contribution in [0, 0.1) is 11.3 Å². The molecule has 0 spiro atoms. The van der Waals surface area contributed by atoms with E-state index in [-0.39, 0.29) is 11.3 Å². The van der Waals surface area contributed by atoms with Gasteiger partial charge in [0, 0.05) is 6.07 Å². The molecule has 0 aliphatic rings. The summed E-state index contributed by atoms with van der Waals surface area (Å²) >= 11 is 0. The number of ether oxygens (including phenoxy) is 2. The monoisotopic (exact) mass is 425 g/mol. The molecule has 0 saturated carbocycles. The van der Waals surface area contributed by atoms with Gasteiger partial charge in [0.25, 0.3) is 0 Å². The van der Waals surface area contributed by atoms with Crippen LogP contribution in [0.1, 0.15) is 11.1 Å².